The monoisotopic (exact) mass is 357 g/mol. The molecule has 2 aliphatic rings. The van der Waals surface area contributed by atoms with Crippen molar-refractivity contribution >= 4 is 5.91 Å². The van der Waals surface area contributed by atoms with Crippen LogP contribution in [-0.2, 0) is 26.9 Å². The van der Waals surface area contributed by atoms with E-state index in [-0.39, 0.29) is 29.5 Å². The van der Waals surface area contributed by atoms with Crippen LogP contribution in [0.25, 0.3) is 0 Å². The minimum absolute atomic E-state index is 0.000314. The van der Waals surface area contributed by atoms with Gasteiger partial charge in [-0.25, -0.2) is 0 Å². The molecule has 1 aromatic carbocycles. The average molecular weight is 357 g/mol. The highest BCUT2D eigenvalue weighted by Gasteiger charge is 2.39. The molecule has 2 heterocycles. The third-order valence-corrected chi connectivity index (χ3v) is 4.94. The van der Waals surface area contributed by atoms with E-state index in [1.807, 2.05) is 0 Å². The van der Waals surface area contributed by atoms with Crippen molar-refractivity contribution in [3.63, 3.8) is 0 Å². The largest absolute Gasteiger partial charge is 0.416 e. The summed E-state index contributed by atoms with van der Waals surface area (Å²) < 4.78 is 50.4. The van der Waals surface area contributed by atoms with Crippen LogP contribution in [0.3, 0.4) is 0 Å². The summed E-state index contributed by atoms with van der Waals surface area (Å²) in [4.78, 5) is 12.3. The Morgan fingerprint density at radius 3 is 2.64 bits per heavy atom. The van der Waals surface area contributed by atoms with E-state index in [1.165, 1.54) is 18.2 Å². The molecule has 25 heavy (non-hydrogen) atoms. The Labute approximate surface area is 144 Å². The van der Waals surface area contributed by atoms with Gasteiger partial charge in [0.2, 0.25) is 5.91 Å². The molecule has 0 bridgehead atoms. The van der Waals surface area contributed by atoms with Crippen molar-refractivity contribution in [2.45, 2.75) is 49.9 Å². The van der Waals surface area contributed by atoms with Crippen LogP contribution in [0.5, 0.6) is 0 Å². The summed E-state index contributed by atoms with van der Waals surface area (Å²) >= 11 is 0. The number of benzene rings is 1. The molecule has 1 atom stereocenters. The van der Waals surface area contributed by atoms with E-state index >= 15 is 0 Å². The van der Waals surface area contributed by atoms with Crippen LogP contribution in [0.15, 0.2) is 24.3 Å². The molecule has 1 aromatic rings. The lowest BCUT2D eigenvalue weighted by molar-refractivity contribution is -0.143. The first-order valence-electron chi connectivity index (χ1n) is 8.54. The highest BCUT2D eigenvalue weighted by molar-refractivity contribution is 5.79. The molecule has 2 aliphatic heterocycles. The second kappa shape index (κ2) is 7.33. The standard InChI is InChI=1S/C18H22F3NO3/c19-18(20,21)15-4-2-1-3-13(15)11-16(23)22-14-5-8-25-17(12-14)6-9-24-10-7-17/h1-4,14H,5-12H2,(H,22,23). The normalized spacial score (nSPS) is 23.4. The molecular formula is C18H22F3NO3. The van der Waals surface area contributed by atoms with Gasteiger partial charge in [0.1, 0.15) is 0 Å². The maximum absolute atomic E-state index is 13.0. The van der Waals surface area contributed by atoms with Crippen LogP contribution in [0.4, 0.5) is 13.2 Å². The van der Waals surface area contributed by atoms with Gasteiger partial charge in [0, 0.05) is 25.9 Å². The van der Waals surface area contributed by atoms with Crippen LogP contribution >= 0.6 is 0 Å². The van der Waals surface area contributed by atoms with Crippen molar-refractivity contribution in [3.8, 4) is 0 Å². The topological polar surface area (TPSA) is 47.6 Å². The molecule has 1 amide bonds. The number of rotatable bonds is 3. The smallest absolute Gasteiger partial charge is 0.381 e. The number of alkyl halides is 3. The molecule has 1 N–H and O–H groups in total. The quantitative estimate of drug-likeness (QED) is 0.904. The van der Waals surface area contributed by atoms with Gasteiger partial charge in [-0.3, -0.25) is 4.79 Å². The number of nitrogens with one attached hydrogen (secondary N) is 1. The molecule has 1 spiro atoms. The lowest BCUT2D eigenvalue weighted by atomic mass is 9.84. The second-order valence-electron chi connectivity index (χ2n) is 6.73. The number of carbonyl (C=O) groups excluding carboxylic acids is 1. The van der Waals surface area contributed by atoms with Crippen molar-refractivity contribution in [2.75, 3.05) is 19.8 Å². The van der Waals surface area contributed by atoms with Crippen molar-refractivity contribution in [1.29, 1.82) is 0 Å². The molecule has 0 radical (unpaired) electrons. The second-order valence-corrected chi connectivity index (χ2v) is 6.73. The maximum atomic E-state index is 13.0. The van der Waals surface area contributed by atoms with Gasteiger partial charge < -0.3 is 14.8 Å². The average Bonchev–Trinajstić information content (AvgIpc) is 2.55. The van der Waals surface area contributed by atoms with E-state index < -0.39 is 11.7 Å². The van der Waals surface area contributed by atoms with E-state index in [0.29, 0.717) is 32.7 Å². The van der Waals surface area contributed by atoms with Crippen molar-refractivity contribution in [1.82, 2.24) is 5.32 Å². The lowest BCUT2D eigenvalue weighted by Crippen LogP contribution is -2.51. The number of hydrogen-bond donors (Lipinski definition) is 1. The van der Waals surface area contributed by atoms with Gasteiger partial charge in [-0.2, -0.15) is 13.2 Å². The minimum atomic E-state index is -4.46. The zero-order chi connectivity index (χ0) is 17.9. The fourth-order valence-electron chi connectivity index (χ4n) is 3.65. The Morgan fingerprint density at radius 2 is 1.92 bits per heavy atom. The molecule has 4 nitrogen and oxygen atoms in total. The molecular weight excluding hydrogens is 335 g/mol. The number of ether oxygens (including phenoxy) is 2. The summed E-state index contributed by atoms with van der Waals surface area (Å²) in [6, 6.07) is 5.14. The molecule has 0 saturated carbocycles. The minimum Gasteiger partial charge on any atom is -0.381 e. The van der Waals surface area contributed by atoms with Crippen LogP contribution in [0.1, 0.15) is 36.8 Å². The van der Waals surface area contributed by atoms with Gasteiger partial charge in [-0.1, -0.05) is 18.2 Å². The molecule has 7 heteroatoms. The molecule has 3 rings (SSSR count). The molecule has 1 unspecified atom stereocenters. The highest BCUT2D eigenvalue weighted by atomic mass is 19.4. The first-order chi connectivity index (χ1) is 11.9. The van der Waals surface area contributed by atoms with E-state index in [1.54, 1.807) is 0 Å². The number of amides is 1. The zero-order valence-corrected chi connectivity index (χ0v) is 13.9. The summed E-state index contributed by atoms with van der Waals surface area (Å²) in [6.07, 6.45) is -1.80. The Bertz CT molecular complexity index is 606. The Balaban J connectivity index is 1.61. The fraction of sp³-hybridized carbons (Fsp3) is 0.611. The van der Waals surface area contributed by atoms with Crippen LogP contribution < -0.4 is 5.32 Å². The lowest BCUT2D eigenvalue weighted by Gasteiger charge is -2.43. The molecule has 2 saturated heterocycles. The van der Waals surface area contributed by atoms with Gasteiger partial charge in [0.15, 0.2) is 0 Å². The molecule has 138 valence electrons. The zero-order valence-electron chi connectivity index (χ0n) is 13.9. The predicted molar refractivity (Wildman–Crippen MR) is 85.0 cm³/mol. The summed E-state index contributed by atoms with van der Waals surface area (Å²) in [5, 5.41) is 2.89. The highest BCUT2D eigenvalue weighted by Crippen LogP contribution is 2.35. The molecule has 0 aromatic heterocycles. The Hall–Kier alpha value is -1.60. The SMILES string of the molecule is O=C(Cc1ccccc1C(F)(F)F)NC1CCOC2(CCOCC2)C1. The summed E-state index contributed by atoms with van der Waals surface area (Å²) in [7, 11) is 0. The van der Waals surface area contributed by atoms with E-state index in [2.05, 4.69) is 5.32 Å². The Morgan fingerprint density at radius 1 is 1.20 bits per heavy atom. The number of halogens is 3. The third-order valence-electron chi connectivity index (χ3n) is 4.94. The van der Waals surface area contributed by atoms with Gasteiger partial charge >= 0.3 is 6.18 Å². The summed E-state index contributed by atoms with van der Waals surface area (Å²) in [6.45, 7) is 1.82. The van der Waals surface area contributed by atoms with Gasteiger partial charge in [0.25, 0.3) is 0 Å². The van der Waals surface area contributed by atoms with E-state index in [0.717, 1.165) is 18.9 Å². The Kier molecular flexibility index (Phi) is 5.34. The van der Waals surface area contributed by atoms with Crippen LogP contribution in [-0.4, -0.2) is 37.4 Å². The number of carbonyl (C=O) groups is 1. The van der Waals surface area contributed by atoms with Gasteiger partial charge in [-0.15, -0.1) is 0 Å². The third kappa shape index (κ3) is 4.52. The van der Waals surface area contributed by atoms with Gasteiger partial charge in [-0.05, 0) is 37.3 Å². The number of hydrogen-bond acceptors (Lipinski definition) is 3. The summed E-state index contributed by atoms with van der Waals surface area (Å²) in [5.41, 5.74) is -1.02. The van der Waals surface area contributed by atoms with Crippen molar-refractivity contribution < 1.29 is 27.4 Å². The van der Waals surface area contributed by atoms with E-state index in [4.69, 9.17) is 9.47 Å². The molecule has 2 fully saturated rings. The maximum Gasteiger partial charge on any atom is 0.416 e. The van der Waals surface area contributed by atoms with Crippen LogP contribution in [0, 0.1) is 0 Å². The van der Waals surface area contributed by atoms with Crippen molar-refractivity contribution in [2.24, 2.45) is 0 Å². The first-order valence-corrected chi connectivity index (χ1v) is 8.54. The van der Waals surface area contributed by atoms with E-state index in [9.17, 15) is 18.0 Å². The first kappa shape index (κ1) is 18.2. The fourth-order valence-corrected chi connectivity index (χ4v) is 3.65. The predicted octanol–water partition coefficient (Wildman–Crippen LogP) is 3.09. The molecule has 0 aliphatic carbocycles. The van der Waals surface area contributed by atoms with Crippen molar-refractivity contribution in [3.05, 3.63) is 35.4 Å². The van der Waals surface area contributed by atoms with Crippen LogP contribution in [0.2, 0.25) is 0 Å². The van der Waals surface area contributed by atoms with Gasteiger partial charge in [0.05, 0.1) is 17.6 Å². The summed E-state index contributed by atoms with van der Waals surface area (Å²) in [5.74, 6) is -0.384.